The second-order valence-corrected chi connectivity index (χ2v) is 3.65. The highest BCUT2D eigenvalue weighted by molar-refractivity contribution is 5.11. The Morgan fingerprint density at radius 2 is 2.00 bits per heavy atom. The van der Waals surface area contributed by atoms with Gasteiger partial charge in [0.2, 0.25) is 0 Å². The molecule has 0 amide bonds. The summed E-state index contributed by atoms with van der Waals surface area (Å²) in [4.78, 5) is 0. The zero-order valence-electron chi connectivity index (χ0n) is 7.10. The fraction of sp³-hybridized carbons (Fsp3) is 0.625. The molecule has 0 aliphatic carbocycles. The summed E-state index contributed by atoms with van der Waals surface area (Å²) in [7, 11) is 0. The number of hydrazine groups is 1. The third kappa shape index (κ3) is 1.51. The maximum absolute atomic E-state index is 3.23. The topological polar surface area (TPSA) is 15.3 Å². The van der Waals surface area contributed by atoms with Crippen LogP contribution in [0.2, 0.25) is 0 Å². The Hall–Kier alpha value is -0.500. The van der Waals surface area contributed by atoms with E-state index < -0.39 is 0 Å². The average Bonchev–Trinajstić information content (AvgIpc) is 2.11. The van der Waals surface area contributed by atoms with E-state index in [4.69, 9.17) is 0 Å². The summed E-state index contributed by atoms with van der Waals surface area (Å²) in [6.07, 6.45) is 4.14. The molecule has 57 valence electrons. The van der Waals surface area contributed by atoms with Crippen LogP contribution >= 0.6 is 0 Å². The molecule has 2 heteroatoms. The van der Waals surface area contributed by atoms with Gasteiger partial charge in [0.15, 0.2) is 0 Å². The zero-order chi connectivity index (χ0) is 7.78. The third-order valence-corrected chi connectivity index (χ3v) is 1.49. The molecule has 1 rings (SSSR count). The molecule has 0 aromatic carbocycles. The van der Waals surface area contributed by atoms with E-state index in [2.05, 4.69) is 50.4 Å². The van der Waals surface area contributed by atoms with Gasteiger partial charge in [0.05, 0.1) is 6.04 Å². The Morgan fingerprint density at radius 1 is 1.40 bits per heavy atom. The van der Waals surface area contributed by atoms with Crippen LogP contribution in [0.4, 0.5) is 0 Å². The van der Waals surface area contributed by atoms with Crippen molar-refractivity contribution in [1.82, 2.24) is 10.4 Å². The molecule has 1 aliphatic rings. The molecule has 1 radical (unpaired) electrons. The van der Waals surface area contributed by atoms with Gasteiger partial charge in [-0.05, 0) is 33.8 Å². The number of hydrogen-bond donors (Lipinski definition) is 1. The molecule has 0 saturated carbocycles. The second-order valence-electron chi connectivity index (χ2n) is 3.65. The minimum absolute atomic E-state index is 0.175. The second kappa shape index (κ2) is 2.27. The highest BCUT2D eigenvalue weighted by Crippen LogP contribution is 2.17. The molecule has 1 heterocycles. The Bertz CT molecular complexity index is 144. The van der Waals surface area contributed by atoms with E-state index in [1.54, 1.807) is 0 Å². The first-order valence-electron chi connectivity index (χ1n) is 3.58. The van der Waals surface area contributed by atoms with Crippen LogP contribution in [0.15, 0.2) is 12.3 Å². The molecule has 0 aromatic heterocycles. The third-order valence-electron chi connectivity index (χ3n) is 1.49. The Kier molecular flexibility index (Phi) is 1.73. The van der Waals surface area contributed by atoms with Gasteiger partial charge >= 0.3 is 0 Å². The summed E-state index contributed by atoms with van der Waals surface area (Å²) >= 11 is 0. The smallest absolute Gasteiger partial charge is 0.0774 e. The average molecular weight is 139 g/mol. The van der Waals surface area contributed by atoms with Crippen molar-refractivity contribution in [3.8, 4) is 0 Å². The molecule has 10 heavy (non-hydrogen) atoms. The van der Waals surface area contributed by atoms with Gasteiger partial charge in [-0.25, -0.2) is 5.43 Å². The van der Waals surface area contributed by atoms with Crippen molar-refractivity contribution in [3.05, 3.63) is 18.3 Å². The van der Waals surface area contributed by atoms with Crippen LogP contribution in [0.3, 0.4) is 0 Å². The summed E-state index contributed by atoms with van der Waals surface area (Å²) in [5.41, 5.74) is 3.41. The number of hydrogen-bond acceptors (Lipinski definition) is 2. The van der Waals surface area contributed by atoms with E-state index in [0.29, 0.717) is 0 Å². The number of nitrogens with one attached hydrogen (secondary N) is 1. The van der Waals surface area contributed by atoms with Crippen LogP contribution < -0.4 is 5.43 Å². The minimum atomic E-state index is 0.175. The lowest BCUT2D eigenvalue weighted by Crippen LogP contribution is -2.44. The SMILES string of the molecule is C[C]1C=CN(C(C)(C)C)N1. The first-order valence-corrected chi connectivity index (χ1v) is 3.58. The molecular formula is C8H15N2. The maximum atomic E-state index is 3.23. The quantitative estimate of drug-likeness (QED) is 0.549. The Balaban J connectivity index is 2.55. The summed E-state index contributed by atoms with van der Waals surface area (Å²) in [6, 6.07) is 1.20. The number of nitrogens with zero attached hydrogens (tertiary/aromatic N) is 1. The van der Waals surface area contributed by atoms with Gasteiger partial charge in [-0.3, -0.25) is 0 Å². The first-order chi connectivity index (χ1) is 4.50. The molecule has 1 N–H and O–H groups in total. The molecule has 1 aliphatic heterocycles. The van der Waals surface area contributed by atoms with Gasteiger partial charge in [0.1, 0.15) is 0 Å². The van der Waals surface area contributed by atoms with Crippen molar-refractivity contribution >= 4 is 0 Å². The molecule has 2 nitrogen and oxygen atoms in total. The molecule has 0 aromatic rings. The van der Waals surface area contributed by atoms with Gasteiger partial charge in [-0.15, -0.1) is 0 Å². The van der Waals surface area contributed by atoms with Crippen LogP contribution in [0.1, 0.15) is 27.7 Å². The van der Waals surface area contributed by atoms with E-state index in [0.717, 1.165) is 0 Å². The van der Waals surface area contributed by atoms with E-state index >= 15 is 0 Å². The van der Waals surface area contributed by atoms with E-state index in [-0.39, 0.29) is 5.54 Å². The summed E-state index contributed by atoms with van der Waals surface area (Å²) in [5.74, 6) is 0. The van der Waals surface area contributed by atoms with Crippen molar-refractivity contribution in [2.45, 2.75) is 33.2 Å². The van der Waals surface area contributed by atoms with Gasteiger partial charge in [0, 0.05) is 11.7 Å². The van der Waals surface area contributed by atoms with E-state index in [1.807, 2.05) is 0 Å². The van der Waals surface area contributed by atoms with Gasteiger partial charge in [-0.2, -0.15) is 0 Å². The molecule has 0 fully saturated rings. The lowest BCUT2D eigenvalue weighted by atomic mass is 10.1. The molecule has 0 bridgehead atoms. The predicted octanol–water partition coefficient (Wildman–Crippen LogP) is 1.67. The molecule has 0 atom stereocenters. The lowest BCUT2D eigenvalue weighted by molar-refractivity contribution is 0.159. The van der Waals surface area contributed by atoms with Crippen molar-refractivity contribution in [2.75, 3.05) is 0 Å². The van der Waals surface area contributed by atoms with Crippen LogP contribution in [0, 0.1) is 6.04 Å². The van der Waals surface area contributed by atoms with Crippen LogP contribution in [-0.2, 0) is 0 Å². The van der Waals surface area contributed by atoms with E-state index in [1.165, 1.54) is 6.04 Å². The summed E-state index contributed by atoms with van der Waals surface area (Å²) < 4.78 is 0. The van der Waals surface area contributed by atoms with Gasteiger partial charge < -0.3 is 5.01 Å². The standard InChI is InChI=1S/C8H15N2/c1-7-5-6-10(9-7)8(2,3)4/h5-6,9H,1-4H3. The highest BCUT2D eigenvalue weighted by atomic mass is 15.5. The summed E-state index contributed by atoms with van der Waals surface area (Å²) in [6.45, 7) is 8.57. The highest BCUT2D eigenvalue weighted by Gasteiger charge is 2.22. The van der Waals surface area contributed by atoms with E-state index in [9.17, 15) is 0 Å². The molecule has 0 spiro atoms. The lowest BCUT2D eigenvalue weighted by Gasteiger charge is -2.32. The first kappa shape index (κ1) is 7.61. The zero-order valence-corrected chi connectivity index (χ0v) is 7.10. The molecule has 0 unspecified atom stereocenters. The van der Waals surface area contributed by atoms with Crippen LogP contribution in [0.25, 0.3) is 0 Å². The predicted molar refractivity (Wildman–Crippen MR) is 42.8 cm³/mol. The molecule has 0 saturated heterocycles. The van der Waals surface area contributed by atoms with Crippen LogP contribution in [-0.4, -0.2) is 10.5 Å². The summed E-state index contributed by atoms with van der Waals surface area (Å²) in [5, 5.41) is 2.10. The van der Waals surface area contributed by atoms with Crippen molar-refractivity contribution in [2.24, 2.45) is 0 Å². The number of rotatable bonds is 0. The fourth-order valence-corrected chi connectivity index (χ4v) is 0.842. The van der Waals surface area contributed by atoms with Crippen molar-refractivity contribution < 1.29 is 0 Å². The Morgan fingerprint density at radius 3 is 2.20 bits per heavy atom. The molecular weight excluding hydrogens is 124 g/mol. The normalized spacial score (nSPS) is 20.6. The van der Waals surface area contributed by atoms with Crippen molar-refractivity contribution in [1.29, 1.82) is 0 Å². The van der Waals surface area contributed by atoms with Crippen LogP contribution in [0.5, 0.6) is 0 Å². The maximum Gasteiger partial charge on any atom is 0.0774 e. The fourth-order valence-electron chi connectivity index (χ4n) is 0.842. The Labute approximate surface area is 62.9 Å². The monoisotopic (exact) mass is 139 g/mol. The van der Waals surface area contributed by atoms with Gasteiger partial charge in [-0.1, -0.05) is 0 Å². The largest absolute Gasteiger partial charge is 0.310 e. The minimum Gasteiger partial charge on any atom is -0.310 e. The van der Waals surface area contributed by atoms with Gasteiger partial charge in [0.25, 0.3) is 0 Å². The van der Waals surface area contributed by atoms with Crippen molar-refractivity contribution in [3.63, 3.8) is 0 Å².